The summed E-state index contributed by atoms with van der Waals surface area (Å²) in [6.07, 6.45) is 3.62. The standard InChI is InChI=1S/C18H19N7O/c26-18-20-15-2-1-7-19-17(15)25(18)13-5-8-24(9-6-13)11-12-3-4-14-16(10-12)22-23-21-14/h1-4,7,10,13H,5-6,8-9,11H2,(H,20,26)(H,21,22,23). The van der Waals surface area contributed by atoms with Crippen molar-refractivity contribution in [2.75, 3.05) is 13.1 Å². The number of hydrogen-bond acceptors (Lipinski definition) is 5. The molecule has 0 unspecified atom stereocenters. The van der Waals surface area contributed by atoms with Crippen molar-refractivity contribution >= 4 is 22.2 Å². The predicted molar refractivity (Wildman–Crippen MR) is 97.8 cm³/mol. The number of hydrogen-bond donors (Lipinski definition) is 2. The van der Waals surface area contributed by atoms with Crippen LogP contribution in [0.2, 0.25) is 0 Å². The Hall–Kier alpha value is -3.00. The van der Waals surface area contributed by atoms with E-state index in [-0.39, 0.29) is 11.7 Å². The van der Waals surface area contributed by atoms with Crippen molar-refractivity contribution < 1.29 is 0 Å². The van der Waals surface area contributed by atoms with E-state index in [1.54, 1.807) is 6.20 Å². The molecule has 0 aliphatic carbocycles. The number of H-pyrrole nitrogens is 2. The van der Waals surface area contributed by atoms with Gasteiger partial charge in [-0.05, 0) is 42.7 Å². The Morgan fingerprint density at radius 3 is 2.85 bits per heavy atom. The molecule has 0 amide bonds. The molecule has 5 rings (SSSR count). The third-order valence-electron chi connectivity index (χ3n) is 5.18. The summed E-state index contributed by atoms with van der Waals surface area (Å²) in [5, 5.41) is 10.9. The maximum Gasteiger partial charge on any atom is 0.327 e. The van der Waals surface area contributed by atoms with Crippen LogP contribution in [-0.4, -0.2) is 47.9 Å². The van der Waals surface area contributed by atoms with Gasteiger partial charge in [0.15, 0.2) is 5.65 Å². The van der Waals surface area contributed by atoms with E-state index < -0.39 is 0 Å². The third kappa shape index (κ3) is 2.59. The zero-order chi connectivity index (χ0) is 17.5. The molecule has 0 saturated carbocycles. The molecule has 0 spiro atoms. The number of rotatable bonds is 3. The number of piperidine rings is 1. The predicted octanol–water partition coefficient (Wildman–Crippen LogP) is 1.83. The van der Waals surface area contributed by atoms with E-state index in [9.17, 15) is 4.79 Å². The number of nitrogens with zero attached hydrogens (tertiary/aromatic N) is 5. The number of aromatic amines is 2. The monoisotopic (exact) mass is 349 g/mol. The van der Waals surface area contributed by atoms with Gasteiger partial charge in [-0.2, -0.15) is 15.4 Å². The summed E-state index contributed by atoms with van der Waals surface area (Å²) in [6, 6.07) is 10.1. The van der Waals surface area contributed by atoms with Gasteiger partial charge in [-0.15, -0.1) is 0 Å². The van der Waals surface area contributed by atoms with Gasteiger partial charge < -0.3 is 4.98 Å². The minimum atomic E-state index is -0.0615. The molecule has 3 aromatic heterocycles. The molecule has 0 radical (unpaired) electrons. The first-order valence-electron chi connectivity index (χ1n) is 8.85. The highest BCUT2D eigenvalue weighted by molar-refractivity contribution is 5.74. The fourth-order valence-electron chi connectivity index (χ4n) is 3.87. The van der Waals surface area contributed by atoms with Crippen LogP contribution in [0, 0.1) is 0 Å². The van der Waals surface area contributed by atoms with Gasteiger partial charge in [0.1, 0.15) is 11.0 Å². The van der Waals surface area contributed by atoms with Crippen LogP contribution in [0.15, 0.2) is 41.3 Å². The van der Waals surface area contributed by atoms with Crippen molar-refractivity contribution in [1.29, 1.82) is 0 Å². The highest BCUT2D eigenvalue weighted by Crippen LogP contribution is 2.25. The van der Waals surface area contributed by atoms with Gasteiger partial charge in [-0.25, -0.2) is 9.78 Å². The zero-order valence-electron chi connectivity index (χ0n) is 14.2. The molecule has 8 heteroatoms. The van der Waals surface area contributed by atoms with E-state index in [1.807, 2.05) is 22.8 Å². The average molecular weight is 349 g/mol. The lowest BCUT2D eigenvalue weighted by atomic mass is 10.0. The second-order valence-electron chi connectivity index (χ2n) is 6.83. The minimum Gasteiger partial charge on any atom is -0.304 e. The molecule has 1 aromatic carbocycles. The van der Waals surface area contributed by atoms with E-state index in [4.69, 9.17) is 0 Å². The van der Waals surface area contributed by atoms with Crippen molar-refractivity contribution in [3.8, 4) is 0 Å². The van der Waals surface area contributed by atoms with E-state index in [2.05, 4.69) is 42.4 Å². The smallest absolute Gasteiger partial charge is 0.304 e. The summed E-state index contributed by atoms with van der Waals surface area (Å²) in [5.74, 6) is 0. The Morgan fingerprint density at radius 2 is 1.96 bits per heavy atom. The molecule has 0 atom stereocenters. The largest absolute Gasteiger partial charge is 0.327 e. The van der Waals surface area contributed by atoms with Crippen LogP contribution in [0.25, 0.3) is 22.2 Å². The first kappa shape index (κ1) is 15.3. The van der Waals surface area contributed by atoms with Gasteiger partial charge in [-0.1, -0.05) is 6.07 Å². The average Bonchev–Trinajstić information content (AvgIpc) is 3.25. The molecule has 1 aliphatic heterocycles. The lowest BCUT2D eigenvalue weighted by molar-refractivity contribution is 0.179. The molecule has 26 heavy (non-hydrogen) atoms. The van der Waals surface area contributed by atoms with E-state index in [0.29, 0.717) is 0 Å². The van der Waals surface area contributed by atoms with Crippen LogP contribution in [0.1, 0.15) is 24.4 Å². The summed E-state index contributed by atoms with van der Waals surface area (Å²) >= 11 is 0. The molecule has 4 aromatic rings. The minimum absolute atomic E-state index is 0.0615. The maximum absolute atomic E-state index is 12.3. The second-order valence-corrected chi connectivity index (χ2v) is 6.83. The van der Waals surface area contributed by atoms with Crippen LogP contribution >= 0.6 is 0 Å². The summed E-state index contributed by atoms with van der Waals surface area (Å²) in [7, 11) is 0. The number of fused-ring (bicyclic) bond motifs is 2. The molecule has 8 nitrogen and oxygen atoms in total. The van der Waals surface area contributed by atoms with Crippen LogP contribution in [-0.2, 0) is 6.54 Å². The van der Waals surface area contributed by atoms with Crippen LogP contribution in [0.5, 0.6) is 0 Å². The summed E-state index contributed by atoms with van der Waals surface area (Å²) < 4.78 is 1.83. The third-order valence-corrected chi connectivity index (χ3v) is 5.18. The quantitative estimate of drug-likeness (QED) is 0.588. The van der Waals surface area contributed by atoms with E-state index in [1.165, 1.54) is 5.56 Å². The molecule has 1 fully saturated rings. The molecule has 1 saturated heterocycles. The Balaban J connectivity index is 1.31. The lowest BCUT2D eigenvalue weighted by Crippen LogP contribution is -2.36. The summed E-state index contributed by atoms with van der Waals surface area (Å²) in [5.41, 5.74) is 4.52. The number of imidazole rings is 1. The van der Waals surface area contributed by atoms with Crippen LogP contribution in [0.3, 0.4) is 0 Å². The number of benzene rings is 1. The molecule has 0 bridgehead atoms. The Labute approximate surface area is 148 Å². The molecule has 1 aliphatic rings. The van der Waals surface area contributed by atoms with Crippen molar-refractivity contribution in [3.63, 3.8) is 0 Å². The topological polar surface area (TPSA) is 95.5 Å². The van der Waals surface area contributed by atoms with Crippen LogP contribution in [0.4, 0.5) is 0 Å². The van der Waals surface area contributed by atoms with Crippen LogP contribution < -0.4 is 5.69 Å². The molecule has 4 heterocycles. The molecule has 2 N–H and O–H groups in total. The van der Waals surface area contributed by atoms with Gasteiger partial charge in [0.25, 0.3) is 0 Å². The highest BCUT2D eigenvalue weighted by atomic mass is 16.1. The fourth-order valence-corrected chi connectivity index (χ4v) is 3.87. The van der Waals surface area contributed by atoms with Gasteiger partial charge in [0, 0.05) is 31.9 Å². The molecular weight excluding hydrogens is 330 g/mol. The van der Waals surface area contributed by atoms with E-state index >= 15 is 0 Å². The Morgan fingerprint density at radius 1 is 1.12 bits per heavy atom. The first-order chi connectivity index (χ1) is 12.8. The molecule has 132 valence electrons. The second kappa shape index (κ2) is 6.06. The number of nitrogens with one attached hydrogen (secondary N) is 2. The van der Waals surface area contributed by atoms with Crippen molar-refractivity contribution in [3.05, 3.63) is 52.6 Å². The van der Waals surface area contributed by atoms with Gasteiger partial charge in [0.05, 0.1) is 5.52 Å². The van der Waals surface area contributed by atoms with Gasteiger partial charge in [0.2, 0.25) is 0 Å². The maximum atomic E-state index is 12.3. The highest BCUT2D eigenvalue weighted by Gasteiger charge is 2.24. The van der Waals surface area contributed by atoms with Crippen molar-refractivity contribution in [1.82, 2.24) is 34.8 Å². The number of pyridine rings is 1. The van der Waals surface area contributed by atoms with Gasteiger partial charge in [-0.3, -0.25) is 9.47 Å². The molecular formula is C18H19N7O. The first-order valence-corrected chi connectivity index (χ1v) is 8.85. The van der Waals surface area contributed by atoms with E-state index in [0.717, 1.165) is 54.7 Å². The summed E-state index contributed by atoms with van der Waals surface area (Å²) in [4.78, 5) is 22.1. The summed E-state index contributed by atoms with van der Waals surface area (Å²) in [6.45, 7) is 2.79. The SMILES string of the molecule is O=c1[nH]c2cccnc2n1C1CCN(Cc2ccc3n[nH]nc3c2)CC1. The number of likely N-dealkylation sites (tertiary alicyclic amines) is 1. The number of aromatic nitrogens is 6. The van der Waals surface area contributed by atoms with Crippen molar-refractivity contribution in [2.45, 2.75) is 25.4 Å². The fraction of sp³-hybridized carbons (Fsp3) is 0.333. The normalized spacial score (nSPS) is 16.6. The van der Waals surface area contributed by atoms with Crippen molar-refractivity contribution in [2.24, 2.45) is 0 Å². The Kier molecular flexibility index (Phi) is 3.56. The lowest BCUT2D eigenvalue weighted by Gasteiger charge is -2.32. The van der Waals surface area contributed by atoms with Gasteiger partial charge >= 0.3 is 5.69 Å². The zero-order valence-corrected chi connectivity index (χ0v) is 14.2. The Bertz CT molecular complexity index is 1120.